The fourth-order valence-corrected chi connectivity index (χ4v) is 6.15. The topological polar surface area (TPSA) is 21.7 Å². The van der Waals surface area contributed by atoms with E-state index < -0.39 is 0 Å². The van der Waals surface area contributed by atoms with Gasteiger partial charge in [-0.2, -0.15) is 0 Å². The highest BCUT2D eigenvalue weighted by Crippen LogP contribution is 2.13. The van der Waals surface area contributed by atoms with Gasteiger partial charge >= 0.3 is 0 Å². The van der Waals surface area contributed by atoms with Crippen LogP contribution >= 0.6 is 0 Å². The van der Waals surface area contributed by atoms with Gasteiger partial charge in [0.15, 0.2) is 0 Å². The summed E-state index contributed by atoms with van der Waals surface area (Å²) in [7, 11) is 0. The van der Waals surface area contributed by atoms with Crippen molar-refractivity contribution < 1.29 is 9.47 Å². The average molecular weight is 642 g/mol. The van der Waals surface area contributed by atoms with Gasteiger partial charge in [-0.25, -0.2) is 0 Å². The van der Waals surface area contributed by atoms with E-state index >= 15 is 0 Å². The molecule has 0 aliphatic carbocycles. The molecule has 0 N–H and O–H groups in total. The standard InChI is InChI=1S/C43H79NO2/c1-3-5-7-9-11-13-15-17-19-21-23-25-27-29-31-35-39-45-42-43(41-44-37-33-34-38-44)46-40-36-32-30-28-26-24-22-20-18-16-14-12-10-8-6-4-2/h11-14,17-20,43H,3-10,15-16,21-42H2,1-2H3/b13-11-,14-12+,19-17-,20-18+/t43-/m1/s1. The zero-order valence-corrected chi connectivity index (χ0v) is 31.1. The smallest absolute Gasteiger partial charge is 0.0934 e. The molecule has 1 fully saturated rings. The maximum absolute atomic E-state index is 6.37. The van der Waals surface area contributed by atoms with Crippen molar-refractivity contribution in [1.29, 1.82) is 0 Å². The molecule has 0 aromatic heterocycles. The normalized spacial score (nSPS) is 15.2. The van der Waals surface area contributed by atoms with Gasteiger partial charge < -0.3 is 14.4 Å². The number of allylic oxidation sites excluding steroid dienone is 8. The zero-order valence-electron chi connectivity index (χ0n) is 31.1. The zero-order chi connectivity index (χ0) is 32.9. The molecule has 0 amide bonds. The molecular formula is C43H79NO2. The highest BCUT2D eigenvalue weighted by Gasteiger charge is 2.18. The van der Waals surface area contributed by atoms with E-state index in [9.17, 15) is 0 Å². The Balaban J connectivity index is 1.97. The summed E-state index contributed by atoms with van der Waals surface area (Å²) in [4.78, 5) is 2.58. The lowest BCUT2D eigenvalue weighted by Gasteiger charge is -2.24. The molecule has 0 saturated carbocycles. The predicted octanol–water partition coefficient (Wildman–Crippen LogP) is 13.1. The van der Waals surface area contributed by atoms with E-state index in [1.54, 1.807) is 0 Å². The first-order valence-corrected chi connectivity index (χ1v) is 20.4. The molecule has 1 aliphatic rings. The molecule has 3 heteroatoms. The van der Waals surface area contributed by atoms with Crippen molar-refractivity contribution in [3.63, 3.8) is 0 Å². The molecule has 1 saturated heterocycles. The second-order valence-electron chi connectivity index (χ2n) is 13.7. The van der Waals surface area contributed by atoms with Gasteiger partial charge in [0.25, 0.3) is 0 Å². The summed E-state index contributed by atoms with van der Waals surface area (Å²) in [6, 6.07) is 0. The first-order chi connectivity index (χ1) is 22.9. The highest BCUT2D eigenvalue weighted by molar-refractivity contribution is 4.93. The van der Waals surface area contributed by atoms with E-state index in [1.807, 2.05) is 0 Å². The van der Waals surface area contributed by atoms with Crippen molar-refractivity contribution in [1.82, 2.24) is 4.90 Å². The number of hydrogen-bond acceptors (Lipinski definition) is 3. The molecule has 1 heterocycles. The first-order valence-electron chi connectivity index (χ1n) is 20.4. The minimum absolute atomic E-state index is 0.237. The SMILES string of the molecule is CCCCC/C=C\C/C=C\CCCCCCCCOC[C@@H](CN1CCCC1)OCCCCCCCC/C=C/C/C=C/CCCCC. The monoisotopic (exact) mass is 642 g/mol. The second-order valence-corrected chi connectivity index (χ2v) is 13.7. The molecule has 1 aliphatic heterocycles. The fourth-order valence-electron chi connectivity index (χ4n) is 6.15. The Hall–Kier alpha value is -1.16. The van der Waals surface area contributed by atoms with E-state index in [1.165, 1.54) is 167 Å². The lowest BCUT2D eigenvalue weighted by molar-refractivity contribution is -0.0316. The average Bonchev–Trinajstić information content (AvgIpc) is 3.58. The van der Waals surface area contributed by atoms with Gasteiger partial charge in [-0.3, -0.25) is 0 Å². The summed E-state index contributed by atoms with van der Waals surface area (Å²) in [5, 5.41) is 0. The van der Waals surface area contributed by atoms with Gasteiger partial charge in [0, 0.05) is 19.8 Å². The van der Waals surface area contributed by atoms with Crippen LogP contribution in [0.5, 0.6) is 0 Å². The number of ether oxygens (including phenoxy) is 2. The molecule has 46 heavy (non-hydrogen) atoms. The molecular weight excluding hydrogens is 562 g/mol. The van der Waals surface area contributed by atoms with Crippen molar-refractivity contribution in [2.75, 3.05) is 39.5 Å². The van der Waals surface area contributed by atoms with E-state index in [0.717, 1.165) is 39.2 Å². The largest absolute Gasteiger partial charge is 0.379 e. The molecule has 0 aromatic rings. The van der Waals surface area contributed by atoms with Gasteiger partial charge in [0.1, 0.15) is 0 Å². The predicted molar refractivity (Wildman–Crippen MR) is 205 cm³/mol. The molecule has 0 radical (unpaired) electrons. The maximum Gasteiger partial charge on any atom is 0.0934 e. The second kappa shape index (κ2) is 36.7. The van der Waals surface area contributed by atoms with Gasteiger partial charge in [-0.1, -0.05) is 140 Å². The lowest BCUT2D eigenvalue weighted by Crippen LogP contribution is -2.35. The van der Waals surface area contributed by atoms with E-state index in [0.29, 0.717) is 0 Å². The van der Waals surface area contributed by atoms with E-state index in [4.69, 9.17) is 9.47 Å². The molecule has 0 bridgehead atoms. The van der Waals surface area contributed by atoms with Crippen LogP contribution in [-0.2, 0) is 9.47 Å². The number of nitrogens with zero attached hydrogens (tertiary/aromatic N) is 1. The fraction of sp³-hybridized carbons (Fsp3) is 0.814. The summed E-state index contributed by atoms with van der Waals surface area (Å²) in [5.74, 6) is 0. The summed E-state index contributed by atoms with van der Waals surface area (Å²) < 4.78 is 12.5. The first kappa shape index (κ1) is 42.9. The molecule has 0 unspecified atom stereocenters. The van der Waals surface area contributed by atoms with Gasteiger partial charge in [-0.05, 0) is 103 Å². The quantitative estimate of drug-likeness (QED) is 0.0508. The molecule has 0 aromatic carbocycles. The third-order valence-electron chi connectivity index (χ3n) is 9.15. The minimum Gasteiger partial charge on any atom is -0.379 e. The van der Waals surface area contributed by atoms with Crippen LogP contribution in [-0.4, -0.2) is 50.5 Å². The van der Waals surface area contributed by atoms with Crippen LogP contribution in [0, 0.1) is 0 Å². The maximum atomic E-state index is 6.37. The van der Waals surface area contributed by atoms with Gasteiger partial charge in [-0.15, -0.1) is 0 Å². The third-order valence-corrected chi connectivity index (χ3v) is 9.15. The van der Waals surface area contributed by atoms with Crippen molar-refractivity contribution in [3.05, 3.63) is 48.6 Å². The van der Waals surface area contributed by atoms with Crippen LogP contribution < -0.4 is 0 Å². The van der Waals surface area contributed by atoms with Crippen LogP contribution in [0.1, 0.15) is 181 Å². The van der Waals surface area contributed by atoms with Crippen LogP contribution in [0.3, 0.4) is 0 Å². The van der Waals surface area contributed by atoms with Crippen LogP contribution in [0.2, 0.25) is 0 Å². The Bertz CT molecular complexity index is 706. The molecule has 0 spiro atoms. The number of hydrogen-bond donors (Lipinski definition) is 0. The molecule has 3 nitrogen and oxygen atoms in total. The summed E-state index contributed by atoms with van der Waals surface area (Å²) in [5.41, 5.74) is 0. The number of unbranched alkanes of at least 4 members (excludes halogenated alkanes) is 18. The highest BCUT2D eigenvalue weighted by atomic mass is 16.5. The Morgan fingerprint density at radius 3 is 1.37 bits per heavy atom. The number of rotatable bonds is 35. The van der Waals surface area contributed by atoms with E-state index in [-0.39, 0.29) is 6.10 Å². The van der Waals surface area contributed by atoms with Crippen LogP contribution in [0.25, 0.3) is 0 Å². The molecule has 1 rings (SSSR count). The van der Waals surface area contributed by atoms with Crippen LogP contribution in [0.4, 0.5) is 0 Å². The molecule has 1 atom stereocenters. The summed E-state index contributed by atoms with van der Waals surface area (Å²) in [6.45, 7) is 10.6. The Morgan fingerprint density at radius 1 is 0.478 bits per heavy atom. The van der Waals surface area contributed by atoms with Crippen molar-refractivity contribution in [2.24, 2.45) is 0 Å². The van der Waals surface area contributed by atoms with Gasteiger partial charge in [0.2, 0.25) is 0 Å². The lowest BCUT2D eigenvalue weighted by atomic mass is 10.1. The van der Waals surface area contributed by atoms with E-state index in [2.05, 4.69) is 67.4 Å². The molecule has 268 valence electrons. The third kappa shape index (κ3) is 31.4. The van der Waals surface area contributed by atoms with Crippen molar-refractivity contribution in [2.45, 2.75) is 187 Å². The Kier molecular flexibility index (Phi) is 34.2. The Labute approximate surface area is 288 Å². The van der Waals surface area contributed by atoms with Crippen molar-refractivity contribution >= 4 is 0 Å². The van der Waals surface area contributed by atoms with Gasteiger partial charge in [0.05, 0.1) is 12.7 Å². The number of likely N-dealkylation sites (tertiary alicyclic amines) is 1. The van der Waals surface area contributed by atoms with Crippen molar-refractivity contribution in [3.8, 4) is 0 Å². The summed E-state index contributed by atoms with van der Waals surface area (Å²) >= 11 is 0. The van der Waals surface area contributed by atoms with Crippen LogP contribution in [0.15, 0.2) is 48.6 Å². The summed E-state index contributed by atoms with van der Waals surface area (Å²) in [6.07, 6.45) is 52.7. The minimum atomic E-state index is 0.237. The Morgan fingerprint density at radius 2 is 0.891 bits per heavy atom.